The molecular weight excluding hydrogens is 1100 g/mol. The van der Waals surface area contributed by atoms with Crippen LogP contribution in [-0.2, 0) is 70.5 Å². The minimum atomic E-state index is -1.72. The maximum absolute atomic E-state index is 14.5. The first-order valence-electron chi connectivity index (χ1n) is 26.9. The van der Waals surface area contributed by atoms with Crippen LogP contribution in [0, 0.1) is 11.8 Å². The van der Waals surface area contributed by atoms with Gasteiger partial charge in [0.1, 0.15) is 36.3 Å². The van der Waals surface area contributed by atoms with Crippen LogP contribution in [-0.4, -0.2) is 171 Å². The minimum Gasteiger partial charge on any atom is -0.391 e. The van der Waals surface area contributed by atoms with Crippen LogP contribution >= 0.6 is 11.8 Å². The van der Waals surface area contributed by atoms with Crippen LogP contribution in [0.15, 0.2) is 65.7 Å². The maximum Gasteiger partial charge on any atom is 0.322 e. The van der Waals surface area contributed by atoms with Crippen molar-refractivity contribution >= 4 is 105 Å². The second-order valence-electron chi connectivity index (χ2n) is 20.7. The Hall–Kier alpha value is -8.70. The van der Waals surface area contributed by atoms with E-state index in [1.165, 1.54) is 19.1 Å². The lowest BCUT2D eigenvalue weighted by molar-refractivity contribution is -0.142. The smallest absolute Gasteiger partial charge is 0.322 e. The van der Waals surface area contributed by atoms with E-state index < -0.39 is 150 Å². The van der Waals surface area contributed by atoms with Crippen molar-refractivity contribution in [2.45, 2.75) is 127 Å². The number of fused-ring (bicyclic) bond motifs is 3. The van der Waals surface area contributed by atoms with Crippen LogP contribution < -0.4 is 59.3 Å². The van der Waals surface area contributed by atoms with Gasteiger partial charge in [0.05, 0.1) is 30.1 Å². The number of hydrogen-bond donors (Lipinski definition) is 13. The molecule has 1 aromatic heterocycles. The average molecular weight is 1170 g/mol. The van der Waals surface area contributed by atoms with Gasteiger partial charge in [-0.05, 0) is 54.5 Å². The Morgan fingerprint density at radius 3 is 2.19 bits per heavy atom. The fourth-order valence-corrected chi connectivity index (χ4v) is 10.3. The largest absolute Gasteiger partial charge is 0.391 e. The lowest BCUT2D eigenvalue weighted by atomic mass is 9.98. The normalized spacial score (nSPS) is 21.3. The number of carbonyl (C=O) groups is 13. The minimum absolute atomic E-state index is 0.110. The van der Waals surface area contributed by atoms with Gasteiger partial charge in [-0.15, -0.1) is 11.8 Å². The first-order chi connectivity index (χ1) is 39.3. The predicted octanol–water partition coefficient (Wildman–Crippen LogP) is -2.48. The van der Waals surface area contributed by atoms with Crippen molar-refractivity contribution < 1.29 is 67.4 Å². The molecule has 0 spiro atoms. The Kier molecular flexibility index (Phi) is 22.0. The number of anilines is 1. The number of nitrogens with one attached hydrogen (secondary N) is 10. The van der Waals surface area contributed by atoms with Crippen LogP contribution in [0.25, 0.3) is 10.9 Å². The highest BCUT2D eigenvalue weighted by molar-refractivity contribution is 7.99. The molecule has 1 saturated heterocycles. The van der Waals surface area contributed by atoms with Gasteiger partial charge in [-0.1, -0.05) is 64.4 Å². The monoisotopic (exact) mass is 1170 g/mol. The topological polar surface area (TPSA) is 425 Å². The number of aromatic amines is 1. The highest BCUT2D eigenvalue weighted by atomic mass is 32.2. The number of rotatable bonds is 19. The number of amides is 14. The fraction of sp³-hybridized carbons (Fsp3) is 0.463. The third-order valence-corrected chi connectivity index (χ3v) is 15.2. The molecular formula is C54H70N14O14S. The first-order valence-corrected chi connectivity index (χ1v) is 27.9. The quantitative estimate of drug-likeness (QED) is 0.0553. The van der Waals surface area contributed by atoms with Crippen molar-refractivity contribution in [3.8, 4) is 0 Å². The number of hydrogen-bond acceptors (Lipinski definition) is 16. The Morgan fingerprint density at radius 2 is 1.53 bits per heavy atom. The van der Waals surface area contributed by atoms with Gasteiger partial charge in [0.25, 0.3) is 11.8 Å². The molecule has 9 atom stereocenters. The van der Waals surface area contributed by atoms with Crippen LogP contribution in [0.4, 0.5) is 10.5 Å². The van der Waals surface area contributed by atoms with E-state index in [1.807, 2.05) is 0 Å². The summed E-state index contributed by atoms with van der Waals surface area (Å²) in [7, 11) is 0. The molecule has 0 radical (unpaired) electrons. The average Bonchev–Trinajstić information content (AvgIpc) is 4.33. The van der Waals surface area contributed by atoms with Crippen LogP contribution in [0.1, 0.15) is 71.4 Å². The summed E-state index contributed by atoms with van der Waals surface area (Å²) in [6.07, 6.45) is 0.121. The second-order valence-corrected chi connectivity index (χ2v) is 21.8. The number of aliphatic hydroxyl groups is 1. The molecule has 6 rings (SSSR count). The van der Waals surface area contributed by atoms with Gasteiger partial charge in [-0.25, -0.2) is 4.79 Å². The van der Waals surface area contributed by atoms with E-state index in [0.29, 0.717) is 39.2 Å². The molecule has 446 valence electrons. The molecule has 0 bridgehead atoms. The van der Waals surface area contributed by atoms with Crippen LogP contribution in [0.5, 0.6) is 0 Å². The molecule has 14 amide bonds. The molecule has 15 N–H and O–H groups in total. The van der Waals surface area contributed by atoms with Gasteiger partial charge in [0.15, 0.2) is 0 Å². The van der Waals surface area contributed by atoms with Gasteiger partial charge in [0.2, 0.25) is 59.1 Å². The Labute approximate surface area is 480 Å². The van der Waals surface area contributed by atoms with Gasteiger partial charge in [-0.3, -0.25) is 67.8 Å². The Morgan fingerprint density at radius 1 is 0.843 bits per heavy atom. The number of H-pyrrole nitrogens is 1. The van der Waals surface area contributed by atoms with Crippen molar-refractivity contribution in [1.82, 2.24) is 57.3 Å². The number of nitrogens with zero attached hydrogens (tertiary/aromatic N) is 2. The molecule has 0 saturated carbocycles. The van der Waals surface area contributed by atoms with E-state index in [1.54, 1.807) is 64.1 Å². The third-order valence-electron chi connectivity index (χ3n) is 14.1. The van der Waals surface area contributed by atoms with Crippen molar-refractivity contribution in [2.75, 3.05) is 30.7 Å². The molecule has 3 aliphatic rings. The molecule has 83 heavy (non-hydrogen) atoms. The molecule has 28 nitrogen and oxygen atoms in total. The summed E-state index contributed by atoms with van der Waals surface area (Å²) in [4.78, 5) is 177. The van der Waals surface area contributed by atoms with Crippen molar-refractivity contribution in [3.63, 3.8) is 0 Å². The molecule has 0 aliphatic carbocycles. The van der Waals surface area contributed by atoms with Gasteiger partial charge >= 0.3 is 6.03 Å². The van der Waals surface area contributed by atoms with Crippen molar-refractivity contribution in [2.24, 2.45) is 23.3 Å². The summed E-state index contributed by atoms with van der Waals surface area (Å²) >= 11 is 1.04. The number of imide groups is 2. The number of aromatic nitrogens is 1. The zero-order valence-corrected chi connectivity index (χ0v) is 47.1. The SMILES string of the molecule is CC[C@H](C)[C@@H]1NC(=O)NC(=O)[C@@H](N)Cc2c([nH]c3ccccc23)SC[C@@H](C(=O)N[C@@H](CC(=O)NCc2ccc(NC(=O)[C@H](C)NC(=O)[C@@H](NC(=O)CCN3C(=O)C=CC3=O)C(C)C)cc2)C(=O)N2C[C@H](O)C[C@@H]2C(N)=O)NC(=O)CNC1=O. The summed E-state index contributed by atoms with van der Waals surface area (Å²) in [5.41, 5.74) is 14.0. The number of thioether (sulfide) groups is 1. The lowest BCUT2D eigenvalue weighted by Crippen LogP contribution is -2.59. The zero-order valence-electron chi connectivity index (χ0n) is 46.3. The number of urea groups is 1. The van der Waals surface area contributed by atoms with Crippen LogP contribution in [0.2, 0.25) is 0 Å². The summed E-state index contributed by atoms with van der Waals surface area (Å²) in [5, 5.41) is 34.4. The summed E-state index contributed by atoms with van der Waals surface area (Å²) in [6, 6.07) is 3.08. The van der Waals surface area contributed by atoms with E-state index in [-0.39, 0.29) is 44.6 Å². The zero-order chi connectivity index (χ0) is 60.8. The molecule has 2 aromatic carbocycles. The first kappa shape index (κ1) is 63.5. The Balaban J connectivity index is 1.14. The highest BCUT2D eigenvalue weighted by Crippen LogP contribution is 2.31. The van der Waals surface area contributed by atoms with Crippen LogP contribution in [0.3, 0.4) is 0 Å². The van der Waals surface area contributed by atoms with Gasteiger partial charge in [-0.2, -0.15) is 0 Å². The summed E-state index contributed by atoms with van der Waals surface area (Å²) < 4.78 is 0. The molecule has 1 fully saturated rings. The maximum atomic E-state index is 14.5. The molecule has 3 aromatic rings. The number of carbonyl (C=O) groups excluding carboxylic acids is 13. The highest BCUT2D eigenvalue weighted by Gasteiger charge is 2.42. The standard InChI is InChI=1S/C54H70N14O14S/c1-6-27(4)45-50(79)58-23-41(72)61-37(25-83-52-33(32-9-7-8-10-35(32)63-52)20-34(55)48(77)66-54(82)65-45)49(78)62-36(53(81)68-24-31(69)19-38(68)46(56)75)21-40(71)57-22-29-11-13-30(14-12-29)60-47(76)28(5)59-51(80)44(26(2)3)64-39(70)17-18-67-42(73)15-16-43(67)74/h7-16,26-28,31,34,36-38,44-45,63,69H,6,17-25,55H2,1-5H3,(H2,56,75)(H,57,71)(H,58,79)(H,59,80)(H,60,76)(H,61,72)(H,62,78)(H,64,70)(H2,65,66,77,82)/t27-,28-,31+,34-,36-,37-,38+,44-,45-/m0/s1. The third kappa shape index (κ3) is 17.2. The number of likely N-dealkylation sites (tertiary alicyclic amines) is 1. The number of primary amides is 1. The summed E-state index contributed by atoms with van der Waals surface area (Å²) in [5.74, 6) is -10.2. The van der Waals surface area contributed by atoms with Crippen molar-refractivity contribution in [1.29, 1.82) is 0 Å². The number of para-hydroxylation sites is 1. The van der Waals surface area contributed by atoms with E-state index in [2.05, 4.69) is 52.8 Å². The predicted molar refractivity (Wildman–Crippen MR) is 299 cm³/mol. The summed E-state index contributed by atoms with van der Waals surface area (Å²) in [6.45, 7) is 6.87. The van der Waals surface area contributed by atoms with E-state index >= 15 is 0 Å². The number of benzene rings is 2. The van der Waals surface area contributed by atoms with E-state index in [0.717, 1.165) is 33.7 Å². The van der Waals surface area contributed by atoms with Gasteiger partial charge in [0, 0.05) is 67.0 Å². The lowest BCUT2D eigenvalue weighted by Gasteiger charge is -2.29. The molecule has 29 heteroatoms. The van der Waals surface area contributed by atoms with Crippen molar-refractivity contribution in [3.05, 3.63) is 71.8 Å². The molecule has 4 heterocycles. The number of aliphatic hydroxyl groups excluding tert-OH is 1. The number of β-amino-alcohol motifs (C(OH)–C–C–N with tert-alkyl or cyclic N) is 1. The van der Waals surface area contributed by atoms with Gasteiger partial charge < -0.3 is 69.0 Å². The number of nitrogens with two attached hydrogens (primary N) is 2. The fourth-order valence-electron chi connectivity index (χ4n) is 9.20. The Bertz CT molecular complexity index is 3020. The molecule has 0 unspecified atom stereocenters. The van der Waals surface area contributed by atoms with E-state index in [4.69, 9.17) is 11.5 Å². The second kappa shape index (κ2) is 28.8. The molecule has 3 aliphatic heterocycles. The van der Waals surface area contributed by atoms with E-state index in [9.17, 15) is 67.4 Å².